The molecule has 1 aliphatic carbocycles. The standard InChI is InChI=1S/C45H40O10/c1-5-41(46)50-21-9-10-22-52-43(48)54-35-17-13-33(14-18-35)45(34-15-19-36(20-16-34)55-44(49)53-24-23-51-42(47)6-2)39-26-30(4)29(3)25-37(39)38-27-31-11-7-8-12-32(31)28-40(38)45/h5-8,11-20,25-28H,1-2,9-10,21-24H2,3-4H3. The molecule has 5 aromatic rings. The van der Waals surface area contributed by atoms with Crippen LogP contribution in [0.25, 0.3) is 21.9 Å². The number of fused-ring (bicyclic) bond motifs is 4. The van der Waals surface area contributed by atoms with Gasteiger partial charge in [0.25, 0.3) is 0 Å². The first-order chi connectivity index (χ1) is 26.6. The summed E-state index contributed by atoms with van der Waals surface area (Å²) in [6, 6.07) is 31.8. The van der Waals surface area contributed by atoms with Gasteiger partial charge in [-0.1, -0.05) is 73.8 Å². The molecule has 0 aromatic heterocycles. The maximum atomic E-state index is 12.6. The molecular formula is C45H40O10. The Hall–Kier alpha value is -6.68. The van der Waals surface area contributed by atoms with Gasteiger partial charge in [-0.05, 0) is 118 Å². The summed E-state index contributed by atoms with van der Waals surface area (Å²) in [7, 11) is 0. The Morgan fingerprint density at radius 3 is 1.55 bits per heavy atom. The summed E-state index contributed by atoms with van der Waals surface area (Å²) in [6.45, 7) is 10.9. The zero-order valence-corrected chi connectivity index (χ0v) is 30.6. The van der Waals surface area contributed by atoms with Gasteiger partial charge in [-0.3, -0.25) is 0 Å². The van der Waals surface area contributed by atoms with Gasteiger partial charge in [0.15, 0.2) is 0 Å². The second-order valence-corrected chi connectivity index (χ2v) is 12.9. The van der Waals surface area contributed by atoms with E-state index >= 15 is 0 Å². The van der Waals surface area contributed by atoms with E-state index in [-0.39, 0.29) is 32.2 Å². The molecule has 1 unspecified atom stereocenters. The van der Waals surface area contributed by atoms with Crippen molar-refractivity contribution in [3.05, 3.63) is 156 Å². The van der Waals surface area contributed by atoms with Crippen LogP contribution in [0.15, 0.2) is 122 Å². The Balaban J connectivity index is 1.32. The van der Waals surface area contributed by atoms with Crippen LogP contribution in [-0.2, 0) is 34.0 Å². The number of hydrogen-bond donors (Lipinski definition) is 0. The number of benzene rings is 5. The number of carbonyl (C=O) groups excluding carboxylic acids is 4. The molecule has 0 saturated heterocycles. The van der Waals surface area contributed by atoms with Gasteiger partial charge >= 0.3 is 24.2 Å². The first kappa shape index (κ1) is 38.1. The fraction of sp³-hybridized carbons (Fsp3) is 0.200. The fourth-order valence-corrected chi connectivity index (χ4v) is 6.77. The van der Waals surface area contributed by atoms with Gasteiger partial charge in [0, 0.05) is 12.2 Å². The van der Waals surface area contributed by atoms with Crippen LogP contribution < -0.4 is 9.47 Å². The number of aryl methyl sites for hydroxylation is 2. The van der Waals surface area contributed by atoms with Crippen LogP contribution in [0.3, 0.4) is 0 Å². The van der Waals surface area contributed by atoms with Crippen molar-refractivity contribution < 1.29 is 47.6 Å². The van der Waals surface area contributed by atoms with Crippen LogP contribution in [0.2, 0.25) is 0 Å². The molecule has 0 saturated carbocycles. The van der Waals surface area contributed by atoms with Gasteiger partial charge in [-0.2, -0.15) is 0 Å². The third-order valence-corrected chi connectivity index (χ3v) is 9.48. The zero-order valence-electron chi connectivity index (χ0n) is 30.6. The average molecular weight is 741 g/mol. The minimum Gasteiger partial charge on any atom is -0.463 e. The molecular weight excluding hydrogens is 700 g/mol. The van der Waals surface area contributed by atoms with E-state index in [1.807, 2.05) is 36.4 Å². The van der Waals surface area contributed by atoms with E-state index in [9.17, 15) is 19.2 Å². The Kier molecular flexibility index (Phi) is 11.8. The predicted molar refractivity (Wildman–Crippen MR) is 206 cm³/mol. The molecule has 0 aliphatic heterocycles. The molecule has 0 radical (unpaired) electrons. The highest BCUT2D eigenvalue weighted by Gasteiger charge is 2.46. The van der Waals surface area contributed by atoms with Gasteiger partial charge in [0.1, 0.15) is 24.7 Å². The van der Waals surface area contributed by atoms with Gasteiger partial charge in [-0.25, -0.2) is 19.2 Å². The third-order valence-electron chi connectivity index (χ3n) is 9.48. The van der Waals surface area contributed by atoms with Gasteiger partial charge in [0.05, 0.1) is 18.6 Å². The predicted octanol–water partition coefficient (Wildman–Crippen LogP) is 9.09. The summed E-state index contributed by atoms with van der Waals surface area (Å²) in [4.78, 5) is 47.5. The highest BCUT2D eigenvalue weighted by molar-refractivity contribution is 5.96. The van der Waals surface area contributed by atoms with Crippen molar-refractivity contribution in [3.63, 3.8) is 0 Å². The quantitative estimate of drug-likeness (QED) is 0.0351. The molecule has 0 N–H and O–H groups in total. The van der Waals surface area contributed by atoms with Crippen molar-refractivity contribution in [2.75, 3.05) is 26.4 Å². The molecule has 1 aliphatic rings. The molecule has 1 atom stereocenters. The molecule has 5 aromatic carbocycles. The largest absolute Gasteiger partial charge is 0.513 e. The Morgan fingerprint density at radius 2 is 0.982 bits per heavy atom. The van der Waals surface area contributed by atoms with Crippen LogP contribution in [0.5, 0.6) is 11.5 Å². The molecule has 0 spiro atoms. The lowest BCUT2D eigenvalue weighted by Crippen LogP contribution is -2.29. The molecule has 6 rings (SSSR count). The minimum absolute atomic E-state index is 0.106. The summed E-state index contributed by atoms with van der Waals surface area (Å²) >= 11 is 0. The second kappa shape index (κ2) is 17.0. The number of ether oxygens (including phenoxy) is 6. The third kappa shape index (κ3) is 8.28. The van der Waals surface area contributed by atoms with E-state index in [0.717, 1.165) is 67.4 Å². The van der Waals surface area contributed by atoms with E-state index in [1.165, 1.54) is 0 Å². The molecule has 10 heteroatoms. The maximum absolute atomic E-state index is 12.6. The van der Waals surface area contributed by atoms with Crippen LogP contribution in [0.1, 0.15) is 46.2 Å². The molecule has 10 nitrogen and oxygen atoms in total. The monoisotopic (exact) mass is 740 g/mol. The summed E-state index contributed by atoms with van der Waals surface area (Å²) < 4.78 is 31.1. The van der Waals surface area contributed by atoms with Gasteiger partial charge in [0.2, 0.25) is 0 Å². The Labute approximate surface area is 318 Å². The van der Waals surface area contributed by atoms with Crippen LogP contribution >= 0.6 is 0 Å². The Morgan fingerprint density at radius 1 is 0.545 bits per heavy atom. The second-order valence-electron chi connectivity index (χ2n) is 12.9. The maximum Gasteiger partial charge on any atom is 0.513 e. The normalized spacial score (nSPS) is 13.9. The summed E-state index contributed by atoms with van der Waals surface area (Å²) in [5.74, 6) is -0.541. The highest BCUT2D eigenvalue weighted by Crippen LogP contribution is 2.57. The van der Waals surface area contributed by atoms with E-state index in [1.54, 1.807) is 24.3 Å². The van der Waals surface area contributed by atoms with Gasteiger partial charge in [-0.15, -0.1) is 0 Å². The molecule has 0 bridgehead atoms. The van der Waals surface area contributed by atoms with E-state index in [2.05, 4.69) is 63.4 Å². The summed E-state index contributed by atoms with van der Waals surface area (Å²) in [5, 5.41) is 2.19. The van der Waals surface area contributed by atoms with Crippen molar-refractivity contribution >= 4 is 35.0 Å². The lowest BCUT2D eigenvalue weighted by atomic mass is 9.67. The number of unbranched alkanes of at least 4 members (excludes halogenated alkanes) is 1. The SMILES string of the molecule is C=CC(=O)OCCCCOC(=O)Oc1ccc(C2(c3ccc(OC(=O)OCCOC(=O)C=C)cc3)c3cc(C)c(C)cc3-c3cc4ccccc4cc32)cc1. The minimum atomic E-state index is -0.936. The van der Waals surface area contributed by atoms with E-state index < -0.39 is 29.7 Å². The summed E-state index contributed by atoms with van der Waals surface area (Å²) in [5.41, 5.74) is 7.65. The topological polar surface area (TPSA) is 124 Å². The average Bonchev–Trinajstić information content (AvgIpc) is 3.45. The number of esters is 2. The van der Waals surface area contributed by atoms with Crippen molar-refractivity contribution in [1.82, 2.24) is 0 Å². The lowest BCUT2D eigenvalue weighted by Gasteiger charge is -2.34. The first-order valence-corrected chi connectivity index (χ1v) is 17.8. The Bertz CT molecular complexity index is 2260. The van der Waals surface area contributed by atoms with Gasteiger partial charge < -0.3 is 28.4 Å². The number of carbonyl (C=O) groups is 4. The molecule has 55 heavy (non-hydrogen) atoms. The molecule has 280 valence electrons. The van der Waals surface area contributed by atoms with Crippen molar-refractivity contribution in [2.24, 2.45) is 0 Å². The fourth-order valence-electron chi connectivity index (χ4n) is 6.77. The summed E-state index contributed by atoms with van der Waals surface area (Å²) in [6.07, 6.45) is 1.36. The lowest BCUT2D eigenvalue weighted by molar-refractivity contribution is -0.139. The van der Waals surface area contributed by atoms with Crippen molar-refractivity contribution in [2.45, 2.75) is 32.1 Å². The molecule has 0 heterocycles. The molecule has 0 fully saturated rings. The smallest absolute Gasteiger partial charge is 0.463 e. The zero-order chi connectivity index (χ0) is 39.0. The molecule has 0 amide bonds. The number of hydrogen-bond acceptors (Lipinski definition) is 10. The highest BCUT2D eigenvalue weighted by atomic mass is 16.7. The van der Waals surface area contributed by atoms with E-state index in [4.69, 9.17) is 28.4 Å². The first-order valence-electron chi connectivity index (χ1n) is 17.8. The van der Waals surface area contributed by atoms with Crippen LogP contribution in [-0.4, -0.2) is 50.7 Å². The number of rotatable bonds is 14. The van der Waals surface area contributed by atoms with Crippen LogP contribution in [0, 0.1) is 13.8 Å². The van der Waals surface area contributed by atoms with Crippen molar-refractivity contribution in [3.8, 4) is 22.6 Å². The van der Waals surface area contributed by atoms with E-state index in [0.29, 0.717) is 18.6 Å². The van der Waals surface area contributed by atoms with Crippen LogP contribution in [0.4, 0.5) is 9.59 Å². The van der Waals surface area contributed by atoms with Crippen molar-refractivity contribution in [1.29, 1.82) is 0 Å².